The Morgan fingerprint density at radius 3 is 2.76 bits per heavy atom. The molecular weight excluding hydrogens is 334 g/mol. The van der Waals surface area contributed by atoms with Crippen LogP contribution in [0.1, 0.15) is 22.1 Å². The molecule has 0 aliphatic carbocycles. The molecule has 3 aromatic rings. The summed E-state index contributed by atoms with van der Waals surface area (Å²) in [5.41, 5.74) is 3.07. The molecule has 126 valence electrons. The molecule has 0 unspecified atom stereocenters. The number of aryl methyl sites for hydroxylation is 1. The van der Waals surface area contributed by atoms with Crippen molar-refractivity contribution in [3.05, 3.63) is 71.4 Å². The average molecular weight is 351 g/mol. The number of aromatic nitrogens is 2. The van der Waals surface area contributed by atoms with Crippen molar-refractivity contribution < 1.29 is 9.53 Å². The second-order valence-electron chi connectivity index (χ2n) is 5.84. The van der Waals surface area contributed by atoms with Crippen LogP contribution in [-0.2, 0) is 4.79 Å². The van der Waals surface area contributed by atoms with Crippen LogP contribution in [0.15, 0.2) is 54.6 Å². The van der Waals surface area contributed by atoms with Gasteiger partial charge >= 0.3 is 0 Å². The average Bonchev–Trinajstić information content (AvgIpc) is 2.88. The summed E-state index contributed by atoms with van der Waals surface area (Å²) < 4.78 is 5.95. The summed E-state index contributed by atoms with van der Waals surface area (Å²) in [6.45, 7) is 1.97. The predicted octanol–water partition coefficient (Wildman–Crippen LogP) is 4.29. The molecule has 0 saturated carbocycles. The first-order chi connectivity index (χ1) is 12.2. The Morgan fingerprint density at radius 2 is 1.92 bits per heavy atom. The highest BCUT2D eigenvalue weighted by molar-refractivity contribution is 8.00. The van der Waals surface area contributed by atoms with Crippen LogP contribution in [0.4, 0.5) is 5.82 Å². The Balaban J connectivity index is 1.69. The zero-order valence-electron chi connectivity index (χ0n) is 13.7. The van der Waals surface area contributed by atoms with Crippen molar-refractivity contribution in [1.29, 1.82) is 0 Å². The fourth-order valence-electron chi connectivity index (χ4n) is 2.89. The number of ether oxygens (including phenoxy) is 1. The summed E-state index contributed by atoms with van der Waals surface area (Å²) in [5, 5.41) is 10.1. The lowest BCUT2D eigenvalue weighted by atomic mass is 10.0. The summed E-state index contributed by atoms with van der Waals surface area (Å²) in [7, 11) is 0. The van der Waals surface area contributed by atoms with E-state index in [1.165, 1.54) is 0 Å². The van der Waals surface area contributed by atoms with Crippen molar-refractivity contribution in [2.24, 2.45) is 0 Å². The number of benzene rings is 2. The molecule has 2 heterocycles. The van der Waals surface area contributed by atoms with Gasteiger partial charge in [-0.1, -0.05) is 30.3 Å². The Hall–Kier alpha value is -2.73. The van der Waals surface area contributed by atoms with Crippen molar-refractivity contribution in [2.75, 3.05) is 11.1 Å². The number of nitrogens with one attached hydrogen (secondary N) is 2. The van der Waals surface area contributed by atoms with Crippen LogP contribution < -0.4 is 10.1 Å². The SMILES string of the molecule is Cc1[nH]nc2c1[C@@H](c1cccc(Oc3ccccc3)c1)SCC(=O)N2. The highest BCUT2D eigenvalue weighted by Gasteiger charge is 2.28. The van der Waals surface area contributed by atoms with Crippen molar-refractivity contribution in [3.8, 4) is 11.5 Å². The molecular formula is C19H17N3O2S. The van der Waals surface area contributed by atoms with E-state index >= 15 is 0 Å². The molecule has 5 nitrogen and oxygen atoms in total. The third kappa shape index (κ3) is 3.25. The number of hydrogen-bond acceptors (Lipinski definition) is 4. The molecule has 6 heteroatoms. The maximum absolute atomic E-state index is 11.9. The number of aromatic amines is 1. The third-order valence-corrected chi connectivity index (χ3v) is 5.31. The monoisotopic (exact) mass is 351 g/mol. The van der Waals surface area contributed by atoms with Gasteiger partial charge in [-0.05, 0) is 36.8 Å². The second kappa shape index (κ2) is 6.64. The number of amides is 1. The molecule has 0 bridgehead atoms. The van der Waals surface area contributed by atoms with Gasteiger partial charge in [0.25, 0.3) is 0 Å². The number of hydrogen-bond donors (Lipinski definition) is 2. The maximum Gasteiger partial charge on any atom is 0.235 e. The zero-order valence-corrected chi connectivity index (χ0v) is 14.5. The number of fused-ring (bicyclic) bond motifs is 1. The first-order valence-corrected chi connectivity index (χ1v) is 9.05. The van der Waals surface area contributed by atoms with E-state index in [-0.39, 0.29) is 11.2 Å². The van der Waals surface area contributed by atoms with E-state index in [9.17, 15) is 4.79 Å². The van der Waals surface area contributed by atoms with E-state index < -0.39 is 0 Å². The fourth-order valence-corrected chi connectivity index (χ4v) is 4.08. The molecule has 0 radical (unpaired) electrons. The Labute approximate surface area is 149 Å². The Morgan fingerprint density at radius 1 is 1.12 bits per heavy atom. The lowest BCUT2D eigenvalue weighted by molar-refractivity contribution is -0.113. The Kier molecular flexibility index (Phi) is 4.19. The number of thioether (sulfide) groups is 1. The number of carbonyl (C=O) groups excluding carboxylic acids is 1. The minimum absolute atomic E-state index is 0.0204. The molecule has 1 aromatic heterocycles. The van der Waals surface area contributed by atoms with Gasteiger partial charge in [-0.2, -0.15) is 5.10 Å². The lowest BCUT2D eigenvalue weighted by Crippen LogP contribution is -2.12. The first kappa shape index (κ1) is 15.8. The van der Waals surface area contributed by atoms with Gasteiger partial charge in [0.05, 0.1) is 11.0 Å². The minimum Gasteiger partial charge on any atom is -0.457 e. The van der Waals surface area contributed by atoms with Crippen LogP contribution in [0.3, 0.4) is 0 Å². The molecule has 0 fully saturated rings. The molecule has 4 rings (SSSR count). The molecule has 0 saturated heterocycles. The van der Waals surface area contributed by atoms with Gasteiger partial charge in [0.1, 0.15) is 11.5 Å². The number of H-pyrrole nitrogens is 1. The van der Waals surface area contributed by atoms with Crippen LogP contribution in [0.2, 0.25) is 0 Å². The van der Waals surface area contributed by atoms with Gasteiger partial charge in [-0.25, -0.2) is 0 Å². The van der Waals surface area contributed by atoms with Gasteiger partial charge < -0.3 is 10.1 Å². The number of anilines is 1. The summed E-state index contributed by atoms with van der Waals surface area (Å²) >= 11 is 1.59. The van der Waals surface area contributed by atoms with Crippen LogP contribution in [0.5, 0.6) is 11.5 Å². The molecule has 1 amide bonds. The topological polar surface area (TPSA) is 67.0 Å². The fraction of sp³-hybridized carbons (Fsp3) is 0.158. The standard InChI is InChI=1S/C19H17N3O2S/c1-12-17-18(25-11-16(23)20-19(17)22-21-12)13-6-5-9-15(10-13)24-14-7-3-2-4-8-14/h2-10,18H,11H2,1H3,(H2,20,21,22,23)/t18-/m1/s1. The molecule has 1 atom stereocenters. The number of carbonyl (C=O) groups is 1. The minimum atomic E-state index is -0.0306. The summed E-state index contributed by atoms with van der Waals surface area (Å²) in [4.78, 5) is 11.9. The van der Waals surface area contributed by atoms with Gasteiger partial charge in [0, 0.05) is 11.3 Å². The van der Waals surface area contributed by atoms with Crippen LogP contribution in [-0.4, -0.2) is 21.9 Å². The molecule has 2 N–H and O–H groups in total. The second-order valence-corrected chi connectivity index (χ2v) is 6.93. The van der Waals surface area contributed by atoms with E-state index in [1.54, 1.807) is 11.8 Å². The van der Waals surface area contributed by atoms with E-state index in [0.717, 1.165) is 28.3 Å². The Bertz CT molecular complexity index is 908. The highest BCUT2D eigenvalue weighted by atomic mass is 32.2. The molecule has 1 aliphatic rings. The maximum atomic E-state index is 11.9. The first-order valence-electron chi connectivity index (χ1n) is 8.00. The molecule has 0 spiro atoms. The van der Waals surface area contributed by atoms with Crippen LogP contribution >= 0.6 is 11.8 Å². The largest absolute Gasteiger partial charge is 0.457 e. The molecule has 25 heavy (non-hydrogen) atoms. The summed E-state index contributed by atoms with van der Waals surface area (Å²) in [6.07, 6.45) is 0. The molecule has 2 aromatic carbocycles. The van der Waals surface area contributed by atoms with E-state index in [2.05, 4.69) is 21.6 Å². The van der Waals surface area contributed by atoms with Crippen LogP contribution in [0, 0.1) is 6.92 Å². The smallest absolute Gasteiger partial charge is 0.235 e. The summed E-state index contributed by atoms with van der Waals surface area (Å²) in [6, 6.07) is 17.7. The number of para-hydroxylation sites is 1. The van der Waals surface area contributed by atoms with Crippen LogP contribution in [0.25, 0.3) is 0 Å². The van der Waals surface area contributed by atoms with Gasteiger partial charge in [0.15, 0.2) is 5.82 Å². The number of nitrogens with zero attached hydrogens (tertiary/aromatic N) is 1. The van der Waals surface area contributed by atoms with Gasteiger partial charge in [-0.3, -0.25) is 9.89 Å². The van der Waals surface area contributed by atoms with Crippen molar-refractivity contribution in [1.82, 2.24) is 10.2 Å². The summed E-state index contributed by atoms with van der Waals surface area (Å²) in [5.74, 6) is 2.55. The van der Waals surface area contributed by atoms with Crippen molar-refractivity contribution in [3.63, 3.8) is 0 Å². The highest BCUT2D eigenvalue weighted by Crippen LogP contribution is 2.43. The van der Waals surface area contributed by atoms with E-state index in [0.29, 0.717) is 11.6 Å². The van der Waals surface area contributed by atoms with Crippen molar-refractivity contribution >= 4 is 23.5 Å². The molecule has 1 aliphatic heterocycles. The quantitative estimate of drug-likeness (QED) is 0.739. The zero-order chi connectivity index (χ0) is 17.2. The lowest BCUT2D eigenvalue weighted by Gasteiger charge is -2.16. The predicted molar refractivity (Wildman–Crippen MR) is 99.2 cm³/mol. The third-order valence-electron chi connectivity index (χ3n) is 4.04. The van der Waals surface area contributed by atoms with Crippen molar-refractivity contribution in [2.45, 2.75) is 12.2 Å². The van der Waals surface area contributed by atoms with E-state index in [4.69, 9.17) is 4.74 Å². The van der Waals surface area contributed by atoms with Gasteiger partial charge in [-0.15, -0.1) is 11.8 Å². The van der Waals surface area contributed by atoms with Gasteiger partial charge in [0.2, 0.25) is 5.91 Å². The number of rotatable bonds is 3. The normalized spacial score (nSPS) is 16.7. The van der Waals surface area contributed by atoms with E-state index in [1.807, 2.05) is 55.5 Å².